The van der Waals surface area contributed by atoms with Crippen molar-refractivity contribution >= 4 is 28.2 Å². The van der Waals surface area contributed by atoms with Crippen molar-refractivity contribution in [3.05, 3.63) is 69.8 Å². The Morgan fingerprint density at radius 2 is 2.08 bits per heavy atom. The lowest BCUT2D eigenvalue weighted by atomic mass is 10.00. The van der Waals surface area contributed by atoms with Crippen LogP contribution in [0.25, 0.3) is 11.0 Å². The fourth-order valence-corrected chi connectivity index (χ4v) is 4.56. The molecule has 0 unspecified atom stereocenters. The Morgan fingerprint density at radius 3 is 2.96 bits per heavy atom. The summed E-state index contributed by atoms with van der Waals surface area (Å²) in [7, 11) is 1.90. The summed E-state index contributed by atoms with van der Waals surface area (Å²) in [6.45, 7) is 0. The SMILES string of the molecule is Cn1ncc2c(N[C@H](c3ccc4c(c3)CCC4)c3cccs3)ncnc21. The predicted molar refractivity (Wildman–Crippen MR) is 105 cm³/mol. The molecule has 0 aliphatic heterocycles. The van der Waals surface area contributed by atoms with Crippen molar-refractivity contribution in [1.82, 2.24) is 19.7 Å². The Balaban J connectivity index is 1.59. The highest BCUT2D eigenvalue weighted by Crippen LogP contribution is 2.33. The zero-order chi connectivity index (χ0) is 17.5. The second-order valence-electron chi connectivity index (χ2n) is 6.70. The minimum atomic E-state index is 0.0687. The van der Waals surface area contributed by atoms with Gasteiger partial charge in [0, 0.05) is 11.9 Å². The fraction of sp³-hybridized carbons (Fsp3) is 0.250. The molecule has 0 fully saturated rings. The van der Waals surface area contributed by atoms with Gasteiger partial charge in [-0.2, -0.15) is 5.10 Å². The molecule has 0 radical (unpaired) electrons. The summed E-state index contributed by atoms with van der Waals surface area (Å²) in [6, 6.07) is 11.3. The lowest BCUT2D eigenvalue weighted by molar-refractivity contribution is 0.785. The van der Waals surface area contributed by atoms with Crippen molar-refractivity contribution in [2.24, 2.45) is 7.05 Å². The van der Waals surface area contributed by atoms with Crippen molar-refractivity contribution < 1.29 is 0 Å². The molecule has 0 amide bonds. The van der Waals surface area contributed by atoms with Gasteiger partial charge in [0.1, 0.15) is 12.1 Å². The van der Waals surface area contributed by atoms with Crippen LogP contribution in [0.5, 0.6) is 0 Å². The largest absolute Gasteiger partial charge is 0.358 e. The molecule has 0 saturated heterocycles. The van der Waals surface area contributed by atoms with Gasteiger partial charge in [-0.3, -0.25) is 4.68 Å². The summed E-state index contributed by atoms with van der Waals surface area (Å²) in [4.78, 5) is 10.1. The predicted octanol–water partition coefficient (Wildman–Crippen LogP) is 4.12. The van der Waals surface area contributed by atoms with Crippen molar-refractivity contribution in [1.29, 1.82) is 0 Å². The number of fused-ring (bicyclic) bond motifs is 2. The third kappa shape index (κ3) is 2.57. The molecule has 0 spiro atoms. The van der Waals surface area contributed by atoms with Crippen molar-refractivity contribution in [3.8, 4) is 0 Å². The van der Waals surface area contributed by atoms with Crippen LogP contribution in [0, 0.1) is 0 Å². The maximum absolute atomic E-state index is 4.50. The summed E-state index contributed by atoms with van der Waals surface area (Å²) >= 11 is 1.76. The van der Waals surface area contributed by atoms with E-state index in [4.69, 9.17) is 0 Å². The van der Waals surface area contributed by atoms with Gasteiger partial charge >= 0.3 is 0 Å². The summed E-state index contributed by atoms with van der Waals surface area (Å²) in [5, 5.41) is 11.0. The number of nitrogens with zero attached hydrogens (tertiary/aromatic N) is 4. The lowest BCUT2D eigenvalue weighted by Crippen LogP contribution is -2.13. The number of aryl methyl sites for hydroxylation is 3. The van der Waals surface area contributed by atoms with Crippen LogP contribution in [-0.4, -0.2) is 19.7 Å². The minimum absolute atomic E-state index is 0.0687. The van der Waals surface area contributed by atoms with E-state index in [1.807, 2.05) is 13.2 Å². The van der Waals surface area contributed by atoms with E-state index in [0.29, 0.717) is 0 Å². The molecule has 1 N–H and O–H groups in total. The molecule has 0 saturated carbocycles. The van der Waals surface area contributed by atoms with Gasteiger partial charge in [-0.25, -0.2) is 9.97 Å². The van der Waals surface area contributed by atoms with Crippen LogP contribution in [0.4, 0.5) is 5.82 Å². The molecule has 130 valence electrons. The molecule has 1 aromatic carbocycles. The summed E-state index contributed by atoms with van der Waals surface area (Å²) < 4.78 is 1.78. The second-order valence-corrected chi connectivity index (χ2v) is 7.68. The highest BCUT2D eigenvalue weighted by atomic mass is 32.1. The maximum atomic E-state index is 4.50. The van der Waals surface area contributed by atoms with Gasteiger partial charge in [0.05, 0.1) is 17.6 Å². The van der Waals surface area contributed by atoms with Gasteiger partial charge < -0.3 is 5.32 Å². The number of hydrogen-bond donors (Lipinski definition) is 1. The van der Waals surface area contributed by atoms with Crippen LogP contribution in [-0.2, 0) is 19.9 Å². The third-order valence-corrected chi connectivity index (χ3v) is 6.03. The summed E-state index contributed by atoms with van der Waals surface area (Å²) in [5.41, 5.74) is 5.10. The average molecular weight is 361 g/mol. The van der Waals surface area contributed by atoms with Crippen molar-refractivity contribution in [2.75, 3.05) is 5.32 Å². The molecule has 3 aromatic heterocycles. The molecule has 5 rings (SSSR count). The molecular formula is C20H19N5S. The quantitative estimate of drug-likeness (QED) is 0.594. The van der Waals surface area contributed by atoms with Gasteiger partial charge in [0.25, 0.3) is 0 Å². The van der Waals surface area contributed by atoms with Crippen LogP contribution in [0.3, 0.4) is 0 Å². The smallest absolute Gasteiger partial charge is 0.163 e. The van der Waals surface area contributed by atoms with Gasteiger partial charge in [-0.15, -0.1) is 11.3 Å². The van der Waals surface area contributed by atoms with Crippen LogP contribution in [0.2, 0.25) is 0 Å². The zero-order valence-corrected chi connectivity index (χ0v) is 15.3. The van der Waals surface area contributed by atoms with Crippen LogP contribution >= 0.6 is 11.3 Å². The van der Waals surface area contributed by atoms with Crippen molar-refractivity contribution in [3.63, 3.8) is 0 Å². The van der Waals surface area contributed by atoms with E-state index >= 15 is 0 Å². The van der Waals surface area contributed by atoms with Crippen molar-refractivity contribution in [2.45, 2.75) is 25.3 Å². The topological polar surface area (TPSA) is 55.6 Å². The standard InChI is InChI=1S/C20H19N5S/c1-25-20-16(11-23-25)19(21-12-22-20)24-18(17-6-3-9-26-17)15-8-7-13-4-2-5-14(13)10-15/h3,6-12,18H,2,4-5H2,1H3,(H,21,22,24)/t18-/m1/s1. The number of thiophene rings is 1. The Labute approximate surface area is 155 Å². The lowest BCUT2D eigenvalue weighted by Gasteiger charge is -2.20. The normalized spacial score (nSPS) is 14.5. The molecule has 6 heteroatoms. The number of anilines is 1. The van der Waals surface area contributed by atoms with E-state index in [1.165, 1.54) is 40.8 Å². The highest BCUT2D eigenvalue weighted by Gasteiger charge is 2.20. The van der Waals surface area contributed by atoms with Gasteiger partial charge in [0.2, 0.25) is 0 Å². The molecule has 1 aliphatic carbocycles. The number of benzene rings is 1. The molecule has 4 aromatic rings. The number of nitrogens with one attached hydrogen (secondary N) is 1. The molecule has 1 aliphatic rings. The number of rotatable bonds is 4. The van der Waals surface area contributed by atoms with E-state index < -0.39 is 0 Å². The monoisotopic (exact) mass is 361 g/mol. The Kier molecular flexibility index (Phi) is 3.71. The molecule has 5 nitrogen and oxygen atoms in total. The van der Waals surface area contributed by atoms with Crippen LogP contribution in [0.1, 0.15) is 34.0 Å². The Morgan fingerprint density at radius 1 is 1.15 bits per heavy atom. The first-order valence-electron chi connectivity index (χ1n) is 8.84. The first-order chi connectivity index (χ1) is 12.8. The van der Waals surface area contributed by atoms with Gasteiger partial charge in [-0.1, -0.05) is 24.3 Å². The highest BCUT2D eigenvalue weighted by molar-refractivity contribution is 7.10. The van der Waals surface area contributed by atoms with Gasteiger partial charge in [-0.05, 0) is 47.4 Å². The molecule has 0 bridgehead atoms. The van der Waals surface area contributed by atoms with E-state index in [9.17, 15) is 0 Å². The Hall–Kier alpha value is -2.73. The average Bonchev–Trinajstić information content (AvgIpc) is 3.41. The van der Waals surface area contributed by atoms with E-state index in [2.05, 4.69) is 56.1 Å². The number of hydrogen-bond acceptors (Lipinski definition) is 5. The number of aromatic nitrogens is 4. The third-order valence-electron chi connectivity index (χ3n) is 5.09. The van der Waals surface area contributed by atoms with Crippen LogP contribution in [0.15, 0.2) is 48.2 Å². The zero-order valence-electron chi connectivity index (χ0n) is 14.5. The summed E-state index contributed by atoms with van der Waals surface area (Å²) in [6.07, 6.45) is 7.07. The molecule has 26 heavy (non-hydrogen) atoms. The first kappa shape index (κ1) is 15.5. The fourth-order valence-electron chi connectivity index (χ4n) is 3.76. The van der Waals surface area contributed by atoms with Gasteiger partial charge in [0.15, 0.2) is 5.65 Å². The first-order valence-corrected chi connectivity index (χ1v) is 9.72. The second kappa shape index (κ2) is 6.21. The van der Waals surface area contributed by atoms with E-state index in [-0.39, 0.29) is 6.04 Å². The minimum Gasteiger partial charge on any atom is -0.358 e. The van der Waals surface area contributed by atoms with E-state index in [0.717, 1.165) is 16.9 Å². The molecular weight excluding hydrogens is 342 g/mol. The molecule has 3 heterocycles. The molecule has 1 atom stereocenters. The van der Waals surface area contributed by atoms with Crippen LogP contribution < -0.4 is 5.32 Å². The van der Waals surface area contributed by atoms with E-state index in [1.54, 1.807) is 22.3 Å². The Bertz CT molecular complexity index is 1070. The summed E-state index contributed by atoms with van der Waals surface area (Å²) in [5.74, 6) is 0.821. The maximum Gasteiger partial charge on any atom is 0.163 e.